The van der Waals surface area contributed by atoms with Crippen LogP contribution in [0.25, 0.3) is 0 Å². The van der Waals surface area contributed by atoms with Gasteiger partial charge in [-0.3, -0.25) is 14.4 Å². The summed E-state index contributed by atoms with van der Waals surface area (Å²) < 4.78 is 0. The zero-order valence-corrected chi connectivity index (χ0v) is 18.2. The monoisotopic (exact) mass is 415 g/mol. The number of hydrogen-bond donors (Lipinski definition) is 3. The van der Waals surface area contributed by atoms with Crippen molar-refractivity contribution in [1.29, 1.82) is 10.5 Å². The average Bonchev–Trinajstić information content (AvgIpc) is 3.09. The molecular weight excluding hydrogens is 382 g/mol. The summed E-state index contributed by atoms with van der Waals surface area (Å²) in [4.78, 5) is 38.4. The first-order valence-electron chi connectivity index (χ1n) is 10.7. The molecule has 164 valence electrons. The molecule has 0 radical (unpaired) electrons. The highest BCUT2D eigenvalue weighted by atomic mass is 16.2. The summed E-state index contributed by atoms with van der Waals surface area (Å²) in [5.74, 6) is -1.85. The molecule has 1 saturated heterocycles. The molecule has 2 amide bonds. The molecule has 3 atom stereocenters. The number of nitriles is 2. The van der Waals surface area contributed by atoms with Crippen LogP contribution in [0.1, 0.15) is 65.7 Å². The summed E-state index contributed by atoms with van der Waals surface area (Å²) in [7, 11) is 0. The lowest BCUT2D eigenvalue weighted by atomic mass is 9.70. The van der Waals surface area contributed by atoms with Crippen molar-refractivity contribution in [2.24, 2.45) is 28.9 Å². The molecule has 4 N–H and O–H groups in total. The van der Waals surface area contributed by atoms with E-state index < -0.39 is 17.5 Å². The van der Waals surface area contributed by atoms with Gasteiger partial charge in [-0.2, -0.15) is 10.5 Å². The topological polar surface area (TPSA) is 149 Å². The first-order valence-corrected chi connectivity index (χ1v) is 10.7. The van der Waals surface area contributed by atoms with E-state index in [1.807, 2.05) is 26.8 Å². The molecule has 2 rings (SSSR count). The Morgan fingerprint density at radius 3 is 2.30 bits per heavy atom. The number of rotatable bonds is 7. The molecular formula is C22H33N5O3. The number of hydrogen-bond acceptors (Lipinski definition) is 6. The van der Waals surface area contributed by atoms with Crippen molar-refractivity contribution < 1.29 is 14.4 Å². The highest BCUT2D eigenvalue weighted by molar-refractivity contribution is 6.11. The van der Waals surface area contributed by atoms with Gasteiger partial charge in [-0.05, 0) is 50.4 Å². The first kappa shape index (κ1) is 23.8. The highest BCUT2D eigenvalue weighted by Crippen LogP contribution is 2.35. The maximum Gasteiger partial charge on any atom is 0.248 e. The standard InChI is InChI=1S/C22H33N5O3/c1-21(2,3)13-22(25,18(28)15-6-4-14(11-23)5-7-15)20(30)27-17(12-24)10-16-8-9-26-19(16)29/h14-17H,4-10,13,25H2,1-3H3,(H,26,29)(H,27,30)/t14-,15-,16-,17+,22+/m0/s1. The van der Waals surface area contributed by atoms with E-state index in [-0.39, 0.29) is 47.7 Å². The van der Waals surface area contributed by atoms with Crippen LogP contribution in [-0.4, -0.2) is 35.7 Å². The molecule has 0 aromatic heterocycles. The molecule has 2 aliphatic rings. The zero-order chi connectivity index (χ0) is 22.5. The molecule has 0 unspecified atom stereocenters. The van der Waals surface area contributed by atoms with Gasteiger partial charge in [-0.15, -0.1) is 0 Å². The second-order valence-electron chi connectivity index (χ2n) is 9.92. The molecule has 8 nitrogen and oxygen atoms in total. The minimum absolute atomic E-state index is 0.0572. The van der Waals surface area contributed by atoms with Crippen molar-refractivity contribution in [2.45, 2.75) is 77.3 Å². The summed E-state index contributed by atoms with van der Waals surface area (Å²) in [6.07, 6.45) is 3.28. The molecule has 2 fully saturated rings. The summed E-state index contributed by atoms with van der Waals surface area (Å²) in [6.45, 7) is 6.29. The van der Waals surface area contributed by atoms with Crippen LogP contribution < -0.4 is 16.4 Å². The van der Waals surface area contributed by atoms with Crippen LogP contribution in [0.2, 0.25) is 0 Å². The van der Waals surface area contributed by atoms with Crippen molar-refractivity contribution in [2.75, 3.05) is 6.54 Å². The summed E-state index contributed by atoms with van der Waals surface area (Å²) in [6, 6.07) is 3.38. The van der Waals surface area contributed by atoms with Crippen LogP contribution in [-0.2, 0) is 14.4 Å². The molecule has 30 heavy (non-hydrogen) atoms. The van der Waals surface area contributed by atoms with Crippen LogP contribution in [0.15, 0.2) is 0 Å². The van der Waals surface area contributed by atoms with Gasteiger partial charge in [0.15, 0.2) is 11.3 Å². The van der Waals surface area contributed by atoms with Crippen LogP contribution in [0, 0.1) is 45.8 Å². The van der Waals surface area contributed by atoms with Crippen LogP contribution in [0.3, 0.4) is 0 Å². The molecule has 1 saturated carbocycles. The van der Waals surface area contributed by atoms with Crippen molar-refractivity contribution in [3.05, 3.63) is 0 Å². The van der Waals surface area contributed by atoms with E-state index in [1.54, 1.807) is 0 Å². The van der Waals surface area contributed by atoms with E-state index in [0.717, 1.165) is 0 Å². The average molecular weight is 416 g/mol. The molecule has 1 heterocycles. The Kier molecular flexibility index (Phi) is 7.60. The SMILES string of the molecule is CC(C)(C)C[C@](N)(C(=O)N[C@@H](C#N)C[C@@H]1CCNC1=O)C(=O)[C@H]1CC[C@H](C#N)CC1. The minimum Gasteiger partial charge on any atom is -0.356 e. The molecule has 1 aliphatic carbocycles. The lowest BCUT2D eigenvalue weighted by molar-refractivity contribution is -0.141. The Bertz CT molecular complexity index is 752. The number of carbonyl (C=O) groups excluding carboxylic acids is 3. The van der Waals surface area contributed by atoms with Crippen molar-refractivity contribution >= 4 is 17.6 Å². The fourth-order valence-corrected chi connectivity index (χ4v) is 4.55. The third kappa shape index (κ3) is 5.79. The van der Waals surface area contributed by atoms with Gasteiger partial charge in [-0.1, -0.05) is 20.8 Å². The zero-order valence-electron chi connectivity index (χ0n) is 18.2. The third-order valence-corrected chi connectivity index (χ3v) is 6.08. The van der Waals surface area contributed by atoms with Crippen molar-refractivity contribution in [3.8, 4) is 12.1 Å². The van der Waals surface area contributed by atoms with E-state index in [0.29, 0.717) is 38.6 Å². The molecule has 0 spiro atoms. The number of amides is 2. The second kappa shape index (κ2) is 9.57. The summed E-state index contributed by atoms with van der Waals surface area (Å²) in [5, 5.41) is 24.0. The molecule has 8 heteroatoms. The van der Waals surface area contributed by atoms with Crippen LogP contribution in [0.4, 0.5) is 0 Å². The van der Waals surface area contributed by atoms with Gasteiger partial charge in [0, 0.05) is 24.3 Å². The normalized spacial score (nSPS) is 27.1. The Balaban J connectivity index is 2.16. The first-order chi connectivity index (χ1) is 14.0. The number of nitrogens with one attached hydrogen (secondary N) is 2. The Morgan fingerprint density at radius 2 is 1.83 bits per heavy atom. The Labute approximate surface area is 178 Å². The van der Waals surface area contributed by atoms with Crippen molar-refractivity contribution in [1.82, 2.24) is 10.6 Å². The van der Waals surface area contributed by atoms with Gasteiger partial charge < -0.3 is 16.4 Å². The highest BCUT2D eigenvalue weighted by Gasteiger charge is 2.48. The third-order valence-electron chi connectivity index (χ3n) is 6.08. The second-order valence-corrected chi connectivity index (χ2v) is 9.92. The van der Waals surface area contributed by atoms with Gasteiger partial charge in [-0.25, -0.2) is 0 Å². The quantitative estimate of drug-likeness (QED) is 0.537. The summed E-state index contributed by atoms with van der Waals surface area (Å²) in [5.41, 5.74) is 4.35. The lowest BCUT2D eigenvalue weighted by Crippen LogP contribution is -2.64. The number of nitrogens with zero attached hydrogens (tertiary/aromatic N) is 2. The van der Waals surface area contributed by atoms with E-state index >= 15 is 0 Å². The Hall–Kier alpha value is -2.45. The van der Waals surface area contributed by atoms with Crippen molar-refractivity contribution in [3.63, 3.8) is 0 Å². The number of carbonyl (C=O) groups is 3. The largest absolute Gasteiger partial charge is 0.356 e. The lowest BCUT2D eigenvalue weighted by Gasteiger charge is -2.37. The summed E-state index contributed by atoms with van der Waals surface area (Å²) >= 11 is 0. The maximum absolute atomic E-state index is 13.4. The smallest absolute Gasteiger partial charge is 0.248 e. The maximum atomic E-state index is 13.4. The van der Waals surface area contributed by atoms with Gasteiger partial charge in [0.1, 0.15) is 6.04 Å². The molecule has 0 bridgehead atoms. The minimum atomic E-state index is -1.75. The van der Waals surface area contributed by atoms with E-state index in [2.05, 4.69) is 16.7 Å². The molecule has 0 aromatic rings. The van der Waals surface area contributed by atoms with E-state index in [1.165, 1.54) is 0 Å². The predicted molar refractivity (Wildman–Crippen MR) is 110 cm³/mol. The number of Topliss-reactive ketones (excluding diaryl/α,β-unsaturated/α-hetero) is 1. The molecule has 1 aliphatic heterocycles. The van der Waals surface area contributed by atoms with Gasteiger partial charge in [0.25, 0.3) is 0 Å². The van der Waals surface area contributed by atoms with Crippen LogP contribution in [0.5, 0.6) is 0 Å². The van der Waals surface area contributed by atoms with Gasteiger partial charge in [0.2, 0.25) is 11.8 Å². The fourth-order valence-electron chi connectivity index (χ4n) is 4.55. The van der Waals surface area contributed by atoms with Gasteiger partial charge in [0.05, 0.1) is 12.1 Å². The van der Waals surface area contributed by atoms with E-state index in [4.69, 9.17) is 11.0 Å². The number of nitrogens with two attached hydrogens (primary N) is 1. The van der Waals surface area contributed by atoms with Crippen LogP contribution >= 0.6 is 0 Å². The van der Waals surface area contributed by atoms with Gasteiger partial charge >= 0.3 is 0 Å². The fraction of sp³-hybridized carbons (Fsp3) is 0.773. The predicted octanol–water partition coefficient (Wildman–Crippen LogP) is 1.55. The van der Waals surface area contributed by atoms with E-state index in [9.17, 15) is 19.6 Å². The number of ketones is 1. The molecule has 0 aromatic carbocycles. The Morgan fingerprint density at radius 1 is 1.20 bits per heavy atom.